The van der Waals surface area contributed by atoms with Crippen LogP contribution in [0.1, 0.15) is 56.7 Å². The summed E-state index contributed by atoms with van der Waals surface area (Å²) in [4.78, 5) is 2.36. The van der Waals surface area contributed by atoms with Crippen LogP contribution < -0.4 is 0 Å². The molecule has 1 heterocycles. The van der Waals surface area contributed by atoms with Crippen LogP contribution in [0.15, 0.2) is 6.20 Å². The van der Waals surface area contributed by atoms with Crippen molar-refractivity contribution < 1.29 is 0 Å². The van der Waals surface area contributed by atoms with Crippen LogP contribution in [0.25, 0.3) is 0 Å². The zero-order valence-electron chi connectivity index (χ0n) is 12.8. The first kappa shape index (κ1) is 15.1. The van der Waals surface area contributed by atoms with Gasteiger partial charge in [-0.3, -0.25) is 9.58 Å². The van der Waals surface area contributed by atoms with Crippen LogP contribution in [0.5, 0.6) is 0 Å². The summed E-state index contributed by atoms with van der Waals surface area (Å²) in [6.45, 7) is 3.55. The predicted molar refractivity (Wildman–Crippen MR) is 80.1 cm³/mol. The van der Waals surface area contributed by atoms with Crippen LogP contribution in [0.3, 0.4) is 0 Å². The quantitative estimate of drug-likeness (QED) is 0.612. The second kappa shape index (κ2) is 7.44. The highest BCUT2D eigenvalue weighted by molar-refractivity contribution is 5.17. The SMILES string of the molecule is CCc1nn(C)cc1CN(CC#N)C1CCCCCC1. The van der Waals surface area contributed by atoms with E-state index in [1.165, 1.54) is 49.8 Å². The molecule has 1 fully saturated rings. The molecule has 0 bridgehead atoms. The van der Waals surface area contributed by atoms with E-state index in [-0.39, 0.29) is 0 Å². The van der Waals surface area contributed by atoms with E-state index in [9.17, 15) is 0 Å². The van der Waals surface area contributed by atoms with Gasteiger partial charge in [-0.2, -0.15) is 10.4 Å². The maximum atomic E-state index is 9.13. The van der Waals surface area contributed by atoms with Crippen molar-refractivity contribution in [2.45, 2.75) is 64.5 Å². The van der Waals surface area contributed by atoms with Gasteiger partial charge in [-0.15, -0.1) is 0 Å². The van der Waals surface area contributed by atoms with Gasteiger partial charge in [-0.1, -0.05) is 32.6 Å². The molecule has 1 aliphatic rings. The molecule has 1 aromatic rings. The van der Waals surface area contributed by atoms with Gasteiger partial charge in [0, 0.05) is 31.4 Å². The van der Waals surface area contributed by atoms with E-state index in [0.717, 1.165) is 13.0 Å². The summed E-state index contributed by atoms with van der Waals surface area (Å²) in [5, 5.41) is 13.6. The Kier molecular flexibility index (Phi) is 5.60. The highest BCUT2D eigenvalue weighted by Gasteiger charge is 2.21. The lowest BCUT2D eigenvalue weighted by Crippen LogP contribution is -2.35. The number of aromatic nitrogens is 2. The third-order valence-corrected chi connectivity index (χ3v) is 4.32. The fraction of sp³-hybridized carbons (Fsp3) is 0.750. The van der Waals surface area contributed by atoms with Gasteiger partial charge in [0.05, 0.1) is 18.3 Å². The first-order valence-electron chi connectivity index (χ1n) is 7.87. The molecule has 0 spiro atoms. The molecule has 20 heavy (non-hydrogen) atoms. The Hall–Kier alpha value is -1.34. The topological polar surface area (TPSA) is 44.9 Å². The molecular weight excluding hydrogens is 248 g/mol. The number of nitriles is 1. The second-order valence-electron chi connectivity index (χ2n) is 5.84. The Morgan fingerprint density at radius 3 is 2.65 bits per heavy atom. The minimum absolute atomic E-state index is 0.530. The standard InChI is InChI=1S/C16H26N4/c1-3-16-14(12-19(2)18-16)13-20(11-10-17)15-8-6-4-5-7-9-15/h12,15H,3-9,11,13H2,1-2H3. The average Bonchev–Trinajstić information content (AvgIpc) is 2.66. The average molecular weight is 274 g/mol. The Labute approximate surface area is 122 Å². The van der Waals surface area contributed by atoms with Crippen molar-refractivity contribution in [3.8, 4) is 6.07 Å². The monoisotopic (exact) mass is 274 g/mol. The van der Waals surface area contributed by atoms with Crippen LogP contribution in [0.4, 0.5) is 0 Å². The Morgan fingerprint density at radius 1 is 1.35 bits per heavy atom. The van der Waals surface area contributed by atoms with Crippen molar-refractivity contribution in [3.63, 3.8) is 0 Å². The first-order chi connectivity index (χ1) is 9.74. The molecule has 4 nitrogen and oxygen atoms in total. The molecular formula is C16H26N4. The van der Waals surface area contributed by atoms with Crippen molar-refractivity contribution in [1.82, 2.24) is 14.7 Å². The smallest absolute Gasteiger partial charge is 0.0871 e. The van der Waals surface area contributed by atoms with Crippen molar-refractivity contribution in [2.24, 2.45) is 7.05 Å². The third-order valence-electron chi connectivity index (χ3n) is 4.32. The van der Waals surface area contributed by atoms with Gasteiger partial charge in [0.1, 0.15) is 0 Å². The molecule has 0 atom stereocenters. The Balaban J connectivity index is 2.09. The van der Waals surface area contributed by atoms with Crippen LogP contribution in [0, 0.1) is 11.3 Å². The molecule has 0 aliphatic heterocycles. The summed E-state index contributed by atoms with van der Waals surface area (Å²) in [6.07, 6.45) is 10.9. The largest absolute Gasteiger partial charge is 0.283 e. The van der Waals surface area contributed by atoms with Gasteiger partial charge in [-0.05, 0) is 19.3 Å². The maximum absolute atomic E-state index is 9.13. The van der Waals surface area contributed by atoms with Crippen LogP contribution in [-0.4, -0.2) is 27.3 Å². The summed E-state index contributed by atoms with van der Waals surface area (Å²) in [5.41, 5.74) is 2.46. The first-order valence-corrected chi connectivity index (χ1v) is 7.87. The molecule has 0 unspecified atom stereocenters. The van der Waals surface area contributed by atoms with E-state index in [2.05, 4.69) is 29.2 Å². The number of hydrogen-bond acceptors (Lipinski definition) is 3. The van der Waals surface area contributed by atoms with Crippen LogP contribution >= 0.6 is 0 Å². The van der Waals surface area contributed by atoms with Gasteiger partial charge in [0.2, 0.25) is 0 Å². The lowest BCUT2D eigenvalue weighted by atomic mass is 10.1. The van der Waals surface area contributed by atoms with E-state index in [4.69, 9.17) is 5.26 Å². The van der Waals surface area contributed by atoms with E-state index in [1.54, 1.807) is 0 Å². The Morgan fingerprint density at radius 2 is 2.05 bits per heavy atom. The summed E-state index contributed by atoms with van der Waals surface area (Å²) < 4.78 is 1.89. The molecule has 4 heteroatoms. The van der Waals surface area contributed by atoms with Crippen LogP contribution in [-0.2, 0) is 20.0 Å². The lowest BCUT2D eigenvalue weighted by Gasteiger charge is -2.28. The lowest BCUT2D eigenvalue weighted by molar-refractivity contribution is 0.191. The zero-order valence-corrected chi connectivity index (χ0v) is 12.8. The number of hydrogen-bond donors (Lipinski definition) is 0. The number of aryl methyl sites for hydroxylation is 2. The van der Waals surface area contributed by atoms with Crippen molar-refractivity contribution in [2.75, 3.05) is 6.54 Å². The van der Waals surface area contributed by atoms with Crippen LogP contribution in [0.2, 0.25) is 0 Å². The van der Waals surface area contributed by atoms with E-state index in [1.807, 2.05) is 11.7 Å². The van der Waals surface area contributed by atoms with Gasteiger partial charge < -0.3 is 0 Å². The van der Waals surface area contributed by atoms with Gasteiger partial charge >= 0.3 is 0 Å². The molecule has 1 saturated carbocycles. The van der Waals surface area contributed by atoms with Gasteiger partial charge in [-0.25, -0.2) is 0 Å². The zero-order chi connectivity index (χ0) is 14.4. The molecule has 0 aromatic carbocycles. The fourth-order valence-corrected chi connectivity index (χ4v) is 3.26. The minimum atomic E-state index is 0.530. The van der Waals surface area contributed by atoms with Crippen molar-refractivity contribution >= 4 is 0 Å². The summed E-state index contributed by atoms with van der Waals surface area (Å²) in [7, 11) is 1.98. The molecule has 1 aliphatic carbocycles. The fourth-order valence-electron chi connectivity index (χ4n) is 3.26. The normalized spacial score (nSPS) is 17.1. The molecule has 2 rings (SSSR count). The molecule has 1 aromatic heterocycles. The molecule has 0 N–H and O–H groups in total. The second-order valence-corrected chi connectivity index (χ2v) is 5.84. The summed E-state index contributed by atoms with van der Waals surface area (Å²) >= 11 is 0. The molecule has 0 saturated heterocycles. The van der Waals surface area contributed by atoms with E-state index >= 15 is 0 Å². The van der Waals surface area contributed by atoms with Crippen molar-refractivity contribution in [1.29, 1.82) is 5.26 Å². The highest BCUT2D eigenvalue weighted by atomic mass is 15.3. The highest BCUT2D eigenvalue weighted by Crippen LogP contribution is 2.23. The maximum Gasteiger partial charge on any atom is 0.0871 e. The van der Waals surface area contributed by atoms with E-state index in [0.29, 0.717) is 12.6 Å². The summed E-state index contributed by atoms with van der Waals surface area (Å²) in [5.74, 6) is 0. The molecule has 0 amide bonds. The molecule has 0 radical (unpaired) electrons. The predicted octanol–water partition coefficient (Wildman–Crippen LogP) is 3.03. The minimum Gasteiger partial charge on any atom is -0.283 e. The third kappa shape index (κ3) is 3.83. The van der Waals surface area contributed by atoms with E-state index < -0.39 is 0 Å². The van der Waals surface area contributed by atoms with Crippen molar-refractivity contribution in [3.05, 3.63) is 17.5 Å². The Bertz CT molecular complexity index is 450. The van der Waals surface area contributed by atoms with Gasteiger partial charge in [0.25, 0.3) is 0 Å². The summed E-state index contributed by atoms with van der Waals surface area (Å²) in [6, 6.07) is 2.92. The number of nitrogens with zero attached hydrogens (tertiary/aromatic N) is 4. The van der Waals surface area contributed by atoms with Gasteiger partial charge in [0.15, 0.2) is 0 Å². The number of rotatable bonds is 5. The molecule has 110 valence electrons.